The lowest BCUT2D eigenvalue weighted by molar-refractivity contribution is -0.115. The number of hydrogen-bond donors (Lipinski definition) is 0. The Hall–Kier alpha value is -0.453. The van der Waals surface area contributed by atoms with Gasteiger partial charge >= 0.3 is 0 Å². The van der Waals surface area contributed by atoms with E-state index >= 15 is 0 Å². The van der Waals surface area contributed by atoms with Crippen molar-refractivity contribution < 1.29 is 9.22 Å². The second-order valence-electron chi connectivity index (χ2n) is 5.68. The highest BCUT2D eigenvalue weighted by atomic mass is 28.4. The van der Waals surface area contributed by atoms with Crippen molar-refractivity contribution in [1.29, 1.82) is 0 Å². The smallest absolute Gasteiger partial charge is 0.192 e. The van der Waals surface area contributed by atoms with Crippen LogP contribution < -0.4 is 0 Å². The predicted octanol–water partition coefficient (Wildman–Crippen LogP) is 3.62. The van der Waals surface area contributed by atoms with E-state index in [1.54, 1.807) is 0 Å². The Kier molecular flexibility index (Phi) is 7.13. The number of ketones is 1. The fourth-order valence-electron chi connectivity index (χ4n) is 2.92. The van der Waals surface area contributed by atoms with Gasteiger partial charge in [-0.2, -0.15) is 0 Å². The summed E-state index contributed by atoms with van der Waals surface area (Å²) < 4.78 is 6.42. The van der Waals surface area contributed by atoms with Gasteiger partial charge in [0.15, 0.2) is 14.1 Å². The van der Waals surface area contributed by atoms with Crippen molar-refractivity contribution >= 4 is 14.1 Å². The number of carbonyl (C=O) groups excluding carboxylic acids is 1. The maximum Gasteiger partial charge on any atom is 0.192 e. The molecule has 0 aromatic carbocycles. The maximum atomic E-state index is 12.1. The van der Waals surface area contributed by atoms with Crippen molar-refractivity contribution in [2.75, 3.05) is 19.6 Å². The van der Waals surface area contributed by atoms with Crippen LogP contribution in [-0.4, -0.2) is 44.7 Å². The summed E-state index contributed by atoms with van der Waals surface area (Å²) in [6.45, 7) is 13.7. The lowest BCUT2D eigenvalue weighted by Gasteiger charge is -2.30. The van der Waals surface area contributed by atoms with Crippen LogP contribution in [0.25, 0.3) is 0 Å². The van der Waals surface area contributed by atoms with Gasteiger partial charge < -0.3 is 4.43 Å². The quantitative estimate of drug-likeness (QED) is 0.609. The summed E-state index contributed by atoms with van der Waals surface area (Å²) in [5.74, 6) is 0.285. The summed E-state index contributed by atoms with van der Waals surface area (Å²) >= 11 is 0. The standard InChI is InChI=1S/C16H31NO2Si/c1-6-17(7-2)13-14-11-15(12-16(14)18)19-20(8-3,9-4)10-5/h11,15H,6-10,12-13H2,1-5H3/t15-/m0/s1. The molecule has 0 bridgehead atoms. The number of hydrogen-bond acceptors (Lipinski definition) is 3. The zero-order valence-corrected chi connectivity index (χ0v) is 14.9. The minimum atomic E-state index is -1.61. The molecular weight excluding hydrogens is 266 g/mol. The van der Waals surface area contributed by atoms with Gasteiger partial charge in [0.2, 0.25) is 0 Å². The molecule has 0 unspecified atom stereocenters. The first-order valence-electron chi connectivity index (χ1n) is 8.18. The molecule has 20 heavy (non-hydrogen) atoms. The summed E-state index contributed by atoms with van der Waals surface area (Å²) in [5.41, 5.74) is 0.963. The van der Waals surface area contributed by atoms with E-state index in [0.29, 0.717) is 6.42 Å². The Labute approximate surface area is 125 Å². The Morgan fingerprint density at radius 1 is 1.15 bits per heavy atom. The summed E-state index contributed by atoms with van der Waals surface area (Å²) in [6, 6.07) is 3.43. The van der Waals surface area contributed by atoms with Crippen molar-refractivity contribution in [2.24, 2.45) is 0 Å². The van der Waals surface area contributed by atoms with Gasteiger partial charge in [0, 0.05) is 18.5 Å². The fourth-order valence-corrected chi connectivity index (χ4v) is 5.71. The molecule has 1 aliphatic rings. The Morgan fingerprint density at radius 2 is 1.70 bits per heavy atom. The molecule has 116 valence electrons. The minimum absolute atomic E-state index is 0.0413. The molecule has 0 heterocycles. The van der Waals surface area contributed by atoms with E-state index in [0.717, 1.165) is 43.3 Å². The highest BCUT2D eigenvalue weighted by Gasteiger charge is 2.35. The first-order valence-corrected chi connectivity index (χ1v) is 10.7. The first kappa shape index (κ1) is 17.6. The predicted molar refractivity (Wildman–Crippen MR) is 87.6 cm³/mol. The lowest BCUT2D eigenvalue weighted by Crippen LogP contribution is -2.39. The van der Waals surface area contributed by atoms with E-state index in [4.69, 9.17) is 4.43 Å². The van der Waals surface area contributed by atoms with Crippen molar-refractivity contribution in [3.05, 3.63) is 11.6 Å². The number of Topliss-reactive ketones (excluding diaryl/α,β-unsaturated/α-hetero) is 1. The van der Waals surface area contributed by atoms with Crippen LogP contribution in [0.1, 0.15) is 41.0 Å². The zero-order valence-electron chi connectivity index (χ0n) is 13.9. The minimum Gasteiger partial charge on any atom is -0.410 e. The van der Waals surface area contributed by atoms with Crippen LogP contribution in [0.15, 0.2) is 11.6 Å². The molecule has 0 fully saturated rings. The van der Waals surface area contributed by atoms with Gasteiger partial charge in [0.25, 0.3) is 0 Å². The second kappa shape index (κ2) is 8.10. The van der Waals surface area contributed by atoms with E-state index in [-0.39, 0.29) is 11.9 Å². The third-order valence-corrected chi connectivity index (χ3v) is 9.42. The molecule has 0 saturated carbocycles. The van der Waals surface area contributed by atoms with Crippen LogP contribution in [-0.2, 0) is 9.22 Å². The highest BCUT2D eigenvalue weighted by Crippen LogP contribution is 2.28. The van der Waals surface area contributed by atoms with E-state index in [1.165, 1.54) is 0 Å². The first-order chi connectivity index (χ1) is 9.53. The van der Waals surface area contributed by atoms with Crippen molar-refractivity contribution in [2.45, 2.75) is 65.3 Å². The van der Waals surface area contributed by atoms with Crippen LogP contribution in [0.4, 0.5) is 0 Å². The van der Waals surface area contributed by atoms with Crippen LogP contribution in [0.5, 0.6) is 0 Å². The lowest BCUT2D eigenvalue weighted by atomic mass is 10.2. The molecule has 0 N–H and O–H groups in total. The number of nitrogens with zero attached hydrogens (tertiary/aromatic N) is 1. The van der Waals surface area contributed by atoms with Crippen molar-refractivity contribution in [3.63, 3.8) is 0 Å². The molecule has 0 radical (unpaired) electrons. The van der Waals surface area contributed by atoms with Gasteiger partial charge in [-0.3, -0.25) is 9.69 Å². The van der Waals surface area contributed by atoms with Gasteiger partial charge in [-0.1, -0.05) is 34.6 Å². The molecule has 0 aliphatic heterocycles. The summed E-state index contributed by atoms with van der Waals surface area (Å²) in [6.07, 6.45) is 2.70. The molecule has 0 amide bonds. The molecule has 0 aromatic heterocycles. The highest BCUT2D eigenvalue weighted by molar-refractivity contribution is 6.73. The average molecular weight is 298 g/mol. The van der Waals surface area contributed by atoms with E-state index in [2.05, 4.69) is 45.6 Å². The van der Waals surface area contributed by atoms with Crippen LogP contribution >= 0.6 is 0 Å². The average Bonchev–Trinajstić information content (AvgIpc) is 2.82. The zero-order chi connectivity index (χ0) is 15.2. The van der Waals surface area contributed by atoms with Crippen molar-refractivity contribution in [3.8, 4) is 0 Å². The molecule has 0 saturated heterocycles. The van der Waals surface area contributed by atoms with Gasteiger partial charge in [0.1, 0.15) is 0 Å². The molecular formula is C16H31NO2Si. The molecule has 1 rings (SSSR count). The third kappa shape index (κ3) is 4.27. The van der Waals surface area contributed by atoms with E-state index < -0.39 is 8.32 Å². The Morgan fingerprint density at radius 3 is 2.15 bits per heavy atom. The second-order valence-corrected chi connectivity index (χ2v) is 10.4. The maximum absolute atomic E-state index is 12.1. The van der Waals surface area contributed by atoms with E-state index in [1.807, 2.05) is 0 Å². The number of rotatable bonds is 9. The number of carbonyl (C=O) groups is 1. The van der Waals surface area contributed by atoms with E-state index in [9.17, 15) is 4.79 Å². The summed E-state index contributed by atoms with van der Waals surface area (Å²) in [7, 11) is -1.61. The van der Waals surface area contributed by atoms with Gasteiger partial charge in [-0.15, -0.1) is 0 Å². The Bertz CT molecular complexity index is 338. The molecule has 0 aromatic rings. The topological polar surface area (TPSA) is 29.5 Å². The molecule has 0 spiro atoms. The van der Waals surface area contributed by atoms with Crippen LogP contribution in [0.2, 0.25) is 18.1 Å². The SMILES string of the molecule is CCN(CC)CC1=C[C@H](O[Si](CC)(CC)CC)CC1=O. The molecule has 4 heteroatoms. The van der Waals surface area contributed by atoms with Crippen LogP contribution in [0, 0.1) is 0 Å². The fraction of sp³-hybridized carbons (Fsp3) is 0.812. The van der Waals surface area contributed by atoms with Crippen molar-refractivity contribution in [1.82, 2.24) is 4.90 Å². The van der Waals surface area contributed by atoms with Crippen LogP contribution in [0.3, 0.4) is 0 Å². The Balaban J connectivity index is 2.70. The van der Waals surface area contributed by atoms with Gasteiger partial charge in [0.05, 0.1) is 6.10 Å². The molecule has 1 aliphatic carbocycles. The summed E-state index contributed by atoms with van der Waals surface area (Å²) in [4.78, 5) is 14.4. The monoisotopic (exact) mass is 297 g/mol. The summed E-state index contributed by atoms with van der Waals surface area (Å²) in [5, 5.41) is 0. The molecule has 3 nitrogen and oxygen atoms in total. The van der Waals surface area contributed by atoms with Gasteiger partial charge in [-0.25, -0.2) is 0 Å². The number of likely N-dealkylation sites (N-methyl/N-ethyl adjacent to an activating group) is 1. The normalized spacial score (nSPS) is 19.8. The largest absolute Gasteiger partial charge is 0.410 e. The molecule has 1 atom stereocenters. The third-order valence-electron chi connectivity index (χ3n) is 4.75. The van der Waals surface area contributed by atoms with Gasteiger partial charge in [-0.05, 0) is 37.3 Å².